The largest absolute Gasteiger partial charge is 0.388 e. The molecular formula is C13H19N2O5P. The van der Waals surface area contributed by atoms with Crippen LogP contribution in [0.2, 0.25) is 0 Å². The van der Waals surface area contributed by atoms with E-state index in [0.717, 1.165) is 5.69 Å². The minimum absolute atomic E-state index is 0.0318. The van der Waals surface area contributed by atoms with Gasteiger partial charge in [-0.25, -0.2) is 0 Å². The lowest BCUT2D eigenvalue weighted by molar-refractivity contribution is -0.116. The van der Waals surface area contributed by atoms with Crippen LogP contribution in [0.3, 0.4) is 0 Å². The van der Waals surface area contributed by atoms with Gasteiger partial charge in [-0.1, -0.05) is 0 Å². The minimum atomic E-state index is -4.29. The van der Waals surface area contributed by atoms with Gasteiger partial charge in [-0.2, -0.15) is 0 Å². The number of hydrogen-bond acceptors (Lipinski definition) is 4. The van der Waals surface area contributed by atoms with Gasteiger partial charge in [0.2, 0.25) is 0 Å². The molecular weight excluding hydrogens is 295 g/mol. The topological polar surface area (TPSA) is 116 Å². The molecule has 1 amide bonds. The zero-order valence-corrected chi connectivity index (χ0v) is 12.6. The first-order valence-electron chi connectivity index (χ1n) is 6.44. The molecule has 0 spiro atoms. The van der Waals surface area contributed by atoms with Crippen LogP contribution in [-0.2, 0) is 9.36 Å². The van der Waals surface area contributed by atoms with E-state index in [4.69, 9.17) is 9.79 Å². The average Bonchev–Trinajstić information content (AvgIpc) is 2.41. The summed E-state index contributed by atoms with van der Waals surface area (Å²) in [4.78, 5) is 40.3. The molecule has 7 nitrogen and oxygen atoms in total. The zero-order valence-electron chi connectivity index (χ0n) is 11.7. The van der Waals surface area contributed by atoms with Crippen molar-refractivity contribution < 1.29 is 23.9 Å². The van der Waals surface area contributed by atoms with Gasteiger partial charge in [-0.3, -0.25) is 14.2 Å². The molecule has 0 aliphatic rings. The lowest BCUT2D eigenvalue weighted by Crippen LogP contribution is -2.25. The number of carbonyl (C=O) groups is 2. The van der Waals surface area contributed by atoms with Crippen LogP contribution >= 0.6 is 7.60 Å². The van der Waals surface area contributed by atoms with Gasteiger partial charge in [-0.15, -0.1) is 0 Å². The second-order valence-electron chi connectivity index (χ2n) is 4.55. The van der Waals surface area contributed by atoms with Crippen molar-refractivity contribution in [1.29, 1.82) is 0 Å². The van der Waals surface area contributed by atoms with Gasteiger partial charge < -0.3 is 20.4 Å². The molecule has 1 aromatic carbocycles. The Labute approximate surface area is 122 Å². The highest BCUT2D eigenvalue weighted by Crippen LogP contribution is 2.34. The molecule has 1 rings (SSSR count). The van der Waals surface area contributed by atoms with Crippen molar-refractivity contribution in [2.45, 2.75) is 12.8 Å². The molecule has 0 unspecified atom stereocenters. The predicted molar refractivity (Wildman–Crippen MR) is 79.5 cm³/mol. The summed E-state index contributed by atoms with van der Waals surface area (Å²) in [7, 11) is -2.51. The Balaban J connectivity index is 2.30. The van der Waals surface area contributed by atoms with E-state index in [-0.39, 0.29) is 18.9 Å². The Morgan fingerprint density at radius 3 is 2.33 bits per heavy atom. The van der Waals surface area contributed by atoms with E-state index in [0.29, 0.717) is 12.0 Å². The highest BCUT2D eigenvalue weighted by atomic mass is 31.2. The molecule has 0 radical (unpaired) electrons. The van der Waals surface area contributed by atoms with Crippen molar-refractivity contribution >= 4 is 25.0 Å². The third-order valence-electron chi connectivity index (χ3n) is 2.74. The maximum atomic E-state index is 11.8. The predicted octanol–water partition coefficient (Wildman–Crippen LogP) is 0.985. The first kappa shape index (κ1) is 17.4. The molecule has 0 atom stereocenters. The molecule has 4 N–H and O–H groups in total. The van der Waals surface area contributed by atoms with Crippen LogP contribution in [0.4, 0.5) is 5.69 Å². The van der Waals surface area contributed by atoms with Crippen molar-refractivity contribution in [2.75, 3.05) is 25.1 Å². The minimum Gasteiger partial charge on any atom is -0.388 e. The number of hydrogen-bond donors (Lipinski definition) is 4. The molecule has 0 aliphatic heterocycles. The number of carbonyl (C=O) groups excluding carboxylic acids is 2. The van der Waals surface area contributed by atoms with Gasteiger partial charge in [0.1, 0.15) is 11.9 Å². The number of amides is 1. The fourth-order valence-corrected chi connectivity index (χ4v) is 2.30. The van der Waals surface area contributed by atoms with Crippen LogP contribution in [0.5, 0.6) is 0 Å². The molecule has 116 valence electrons. The van der Waals surface area contributed by atoms with E-state index < -0.39 is 19.5 Å². The van der Waals surface area contributed by atoms with Crippen LogP contribution in [0.1, 0.15) is 23.2 Å². The standard InChI is InChI=1S/C13H19N2O5P/c1-14-11-6-4-10(5-7-11)13(17)15-8-2-3-12(16)9-21(18,19)20/h4-7,14H,2-3,8-9H2,1H3,(H,15,17)(H2,18,19,20). The highest BCUT2D eigenvalue weighted by molar-refractivity contribution is 7.52. The summed E-state index contributed by atoms with van der Waals surface area (Å²) in [5, 5.41) is 5.59. The summed E-state index contributed by atoms with van der Waals surface area (Å²) in [6.07, 6.45) is -0.365. The van der Waals surface area contributed by atoms with E-state index in [1.807, 2.05) is 0 Å². The maximum absolute atomic E-state index is 11.8. The molecule has 0 saturated carbocycles. The number of benzene rings is 1. The number of ketones is 1. The Kier molecular flexibility index (Phi) is 6.55. The summed E-state index contributed by atoms with van der Waals surface area (Å²) < 4.78 is 10.6. The number of anilines is 1. The van der Waals surface area contributed by atoms with Gasteiger partial charge >= 0.3 is 7.60 Å². The molecule has 0 saturated heterocycles. The molecule has 0 aromatic heterocycles. The van der Waals surface area contributed by atoms with Gasteiger partial charge in [0.25, 0.3) is 5.91 Å². The highest BCUT2D eigenvalue weighted by Gasteiger charge is 2.18. The van der Waals surface area contributed by atoms with Crippen molar-refractivity contribution in [3.8, 4) is 0 Å². The second kappa shape index (κ2) is 7.93. The van der Waals surface area contributed by atoms with Gasteiger partial charge in [0.05, 0.1) is 0 Å². The molecule has 21 heavy (non-hydrogen) atoms. The van der Waals surface area contributed by atoms with Gasteiger partial charge in [0, 0.05) is 31.3 Å². The molecule has 8 heteroatoms. The van der Waals surface area contributed by atoms with Gasteiger partial charge in [-0.05, 0) is 30.7 Å². The summed E-state index contributed by atoms with van der Waals surface area (Å²) >= 11 is 0. The normalized spacial score (nSPS) is 11.0. The SMILES string of the molecule is CNc1ccc(C(=O)NCCCC(=O)CP(=O)(O)O)cc1. The summed E-state index contributed by atoms with van der Waals surface area (Å²) in [6, 6.07) is 6.91. The zero-order chi connectivity index (χ0) is 15.9. The quantitative estimate of drug-likeness (QED) is 0.420. The Morgan fingerprint density at radius 2 is 1.81 bits per heavy atom. The molecule has 0 bridgehead atoms. The smallest absolute Gasteiger partial charge is 0.332 e. The van der Waals surface area contributed by atoms with Crippen LogP contribution in [0.25, 0.3) is 0 Å². The third kappa shape index (κ3) is 7.04. The van der Waals surface area contributed by atoms with Crippen molar-refractivity contribution in [3.63, 3.8) is 0 Å². The second-order valence-corrected chi connectivity index (χ2v) is 6.19. The van der Waals surface area contributed by atoms with Crippen LogP contribution in [-0.4, -0.2) is 41.2 Å². The van der Waals surface area contributed by atoms with Crippen molar-refractivity contribution in [3.05, 3.63) is 29.8 Å². The third-order valence-corrected chi connectivity index (χ3v) is 3.50. The Bertz CT molecular complexity index is 538. The van der Waals surface area contributed by atoms with Crippen LogP contribution in [0, 0.1) is 0 Å². The Hall–Kier alpha value is -1.69. The first-order chi connectivity index (χ1) is 9.81. The molecule has 1 aromatic rings. The maximum Gasteiger partial charge on any atom is 0.332 e. The first-order valence-corrected chi connectivity index (χ1v) is 8.24. The lowest BCUT2D eigenvalue weighted by Gasteiger charge is -2.06. The fourth-order valence-electron chi connectivity index (χ4n) is 1.69. The number of nitrogens with one attached hydrogen (secondary N) is 2. The summed E-state index contributed by atoms with van der Waals surface area (Å²) in [5.74, 6) is -0.754. The van der Waals surface area contributed by atoms with E-state index in [1.54, 1.807) is 31.3 Å². The number of rotatable bonds is 8. The van der Waals surface area contributed by atoms with Gasteiger partial charge in [0.15, 0.2) is 0 Å². The summed E-state index contributed by atoms with van der Waals surface area (Å²) in [6.45, 7) is 0.277. The molecule has 0 aliphatic carbocycles. The van der Waals surface area contributed by atoms with E-state index >= 15 is 0 Å². The van der Waals surface area contributed by atoms with Crippen LogP contribution < -0.4 is 10.6 Å². The van der Waals surface area contributed by atoms with E-state index in [9.17, 15) is 14.2 Å². The van der Waals surface area contributed by atoms with E-state index in [1.165, 1.54) is 0 Å². The Morgan fingerprint density at radius 1 is 1.19 bits per heavy atom. The molecule has 0 heterocycles. The van der Waals surface area contributed by atoms with E-state index in [2.05, 4.69) is 10.6 Å². The van der Waals surface area contributed by atoms with Crippen LogP contribution in [0.15, 0.2) is 24.3 Å². The van der Waals surface area contributed by atoms with Crippen molar-refractivity contribution in [1.82, 2.24) is 5.32 Å². The average molecular weight is 314 g/mol. The fraction of sp³-hybridized carbons (Fsp3) is 0.385. The monoisotopic (exact) mass is 314 g/mol. The van der Waals surface area contributed by atoms with Crippen molar-refractivity contribution in [2.24, 2.45) is 0 Å². The lowest BCUT2D eigenvalue weighted by atomic mass is 10.2. The number of Topliss-reactive ketones (excluding diaryl/α,β-unsaturated/α-hetero) is 1. The molecule has 0 fully saturated rings. The summed E-state index contributed by atoms with van der Waals surface area (Å²) in [5.41, 5.74) is 1.41.